The Labute approximate surface area is 106 Å². The Morgan fingerprint density at radius 1 is 1.47 bits per heavy atom. The molecule has 5 heteroatoms. The summed E-state index contributed by atoms with van der Waals surface area (Å²) in [5, 5.41) is 12.9. The standard InChI is InChI=1S/C12H17N3OS/c1-5-12(6-2,7-13)15-11(16)10-8(3)14-9(4)17-10/h5-6H2,1-4H3,(H,15,16). The van der Waals surface area contributed by atoms with E-state index in [1.165, 1.54) is 11.3 Å². The molecule has 1 rings (SSSR count). The Morgan fingerprint density at radius 3 is 2.41 bits per heavy atom. The zero-order chi connectivity index (χ0) is 13.1. The summed E-state index contributed by atoms with van der Waals surface area (Å²) in [5.74, 6) is -0.196. The quantitative estimate of drug-likeness (QED) is 0.894. The summed E-state index contributed by atoms with van der Waals surface area (Å²) in [7, 11) is 0. The molecule has 4 nitrogen and oxygen atoms in total. The van der Waals surface area contributed by atoms with E-state index in [1.54, 1.807) is 0 Å². The van der Waals surface area contributed by atoms with E-state index in [1.807, 2.05) is 27.7 Å². The number of thiazole rings is 1. The summed E-state index contributed by atoms with van der Waals surface area (Å²) in [6.45, 7) is 7.48. The number of nitrogens with one attached hydrogen (secondary N) is 1. The van der Waals surface area contributed by atoms with Crippen molar-refractivity contribution < 1.29 is 4.79 Å². The number of carbonyl (C=O) groups is 1. The van der Waals surface area contributed by atoms with E-state index in [0.29, 0.717) is 17.7 Å². The number of nitriles is 1. The van der Waals surface area contributed by atoms with Crippen molar-refractivity contribution in [2.45, 2.75) is 46.1 Å². The van der Waals surface area contributed by atoms with Crippen LogP contribution in [-0.4, -0.2) is 16.4 Å². The van der Waals surface area contributed by atoms with Gasteiger partial charge in [0.2, 0.25) is 0 Å². The number of carbonyl (C=O) groups excluding carboxylic acids is 1. The van der Waals surface area contributed by atoms with Crippen LogP contribution in [0.2, 0.25) is 0 Å². The molecule has 0 saturated carbocycles. The van der Waals surface area contributed by atoms with Crippen LogP contribution < -0.4 is 5.32 Å². The van der Waals surface area contributed by atoms with Crippen LogP contribution in [0.4, 0.5) is 0 Å². The van der Waals surface area contributed by atoms with Gasteiger partial charge in [-0.1, -0.05) is 13.8 Å². The highest BCUT2D eigenvalue weighted by Gasteiger charge is 2.29. The largest absolute Gasteiger partial charge is 0.333 e. The molecule has 1 aromatic heterocycles. The van der Waals surface area contributed by atoms with Gasteiger partial charge in [0.05, 0.1) is 16.8 Å². The molecule has 0 aliphatic carbocycles. The van der Waals surface area contributed by atoms with Gasteiger partial charge in [0, 0.05) is 0 Å². The first-order chi connectivity index (χ1) is 7.98. The fourth-order valence-corrected chi connectivity index (χ4v) is 2.44. The first kappa shape index (κ1) is 13.7. The minimum atomic E-state index is -0.762. The molecular formula is C12H17N3OS. The van der Waals surface area contributed by atoms with Crippen LogP contribution in [0.3, 0.4) is 0 Å². The van der Waals surface area contributed by atoms with Crippen molar-refractivity contribution in [1.82, 2.24) is 10.3 Å². The van der Waals surface area contributed by atoms with E-state index < -0.39 is 5.54 Å². The van der Waals surface area contributed by atoms with E-state index in [-0.39, 0.29) is 5.91 Å². The summed E-state index contributed by atoms with van der Waals surface area (Å²) in [5.41, 5.74) is -0.0365. The van der Waals surface area contributed by atoms with Crippen LogP contribution in [0.25, 0.3) is 0 Å². The molecule has 0 aliphatic heterocycles. The first-order valence-corrected chi connectivity index (χ1v) is 6.47. The number of rotatable bonds is 4. The summed E-state index contributed by atoms with van der Waals surface area (Å²) >= 11 is 1.36. The molecule has 17 heavy (non-hydrogen) atoms. The Hall–Kier alpha value is -1.41. The number of amides is 1. The van der Waals surface area contributed by atoms with E-state index in [4.69, 9.17) is 5.26 Å². The Kier molecular flexibility index (Phi) is 4.24. The fourth-order valence-electron chi connectivity index (χ4n) is 1.63. The van der Waals surface area contributed by atoms with Gasteiger partial charge in [0.1, 0.15) is 10.4 Å². The Bertz CT molecular complexity index is 455. The molecule has 92 valence electrons. The lowest BCUT2D eigenvalue weighted by molar-refractivity contribution is 0.0919. The third-order valence-electron chi connectivity index (χ3n) is 2.88. The normalized spacial score (nSPS) is 11.0. The van der Waals surface area contributed by atoms with Gasteiger partial charge in [-0.05, 0) is 26.7 Å². The predicted octanol–water partition coefficient (Wildman–Crippen LogP) is 2.57. The lowest BCUT2D eigenvalue weighted by atomic mass is 9.94. The number of aromatic nitrogens is 1. The maximum atomic E-state index is 12.1. The van der Waals surface area contributed by atoms with E-state index in [2.05, 4.69) is 16.4 Å². The zero-order valence-electron chi connectivity index (χ0n) is 10.6. The lowest BCUT2D eigenvalue weighted by Crippen LogP contribution is -2.46. The number of hydrogen-bond acceptors (Lipinski definition) is 4. The summed E-state index contributed by atoms with van der Waals surface area (Å²) in [6, 6.07) is 2.19. The van der Waals surface area contributed by atoms with Crippen LogP contribution >= 0.6 is 11.3 Å². The molecule has 0 spiro atoms. The molecule has 0 saturated heterocycles. The maximum Gasteiger partial charge on any atom is 0.264 e. The SMILES string of the molecule is CCC(C#N)(CC)NC(=O)c1sc(C)nc1C. The Morgan fingerprint density at radius 2 is 2.06 bits per heavy atom. The van der Waals surface area contributed by atoms with Gasteiger partial charge in [-0.2, -0.15) is 5.26 Å². The average Bonchev–Trinajstić information content (AvgIpc) is 2.65. The van der Waals surface area contributed by atoms with Gasteiger partial charge in [-0.15, -0.1) is 11.3 Å². The number of hydrogen-bond donors (Lipinski definition) is 1. The minimum Gasteiger partial charge on any atom is -0.333 e. The highest BCUT2D eigenvalue weighted by molar-refractivity contribution is 7.13. The van der Waals surface area contributed by atoms with Crippen molar-refractivity contribution in [3.05, 3.63) is 15.6 Å². The molecule has 1 amide bonds. The van der Waals surface area contributed by atoms with Crippen molar-refractivity contribution in [3.8, 4) is 6.07 Å². The van der Waals surface area contributed by atoms with Crippen LogP contribution in [0.1, 0.15) is 47.1 Å². The number of nitrogens with zero attached hydrogens (tertiary/aromatic N) is 2. The second-order valence-electron chi connectivity index (χ2n) is 4.00. The zero-order valence-corrected chi connectivity index (χ0v) is 11.4. The molecule has 0 aliphatic rings. The van der Waals surface area contributed by atoms with Crippen molar-refractivity contribution in [2.75, 3.05) is 0 Å². The molecule has 0 bridgehead atoms. The Balaban J connectivity index is 2.93. The highest BCUT2D eigenvalue weighted by Crippen LogP contribution is 2.20. The van der Waals surface area contributed by atoms with Gasteiger partial charge in [-0.25, -0.2) is 4.98 Å². The molecule has 0 fully saturated rings. The first-order valence-electron chi connectivity index (χ1n) is 5.65. The maximum absolute atomic E-state index is 12.1. The second-order valence-corrected chi connectivity index (χ2v) is 5.21. The molecule has 1 N–H and O–H groups in total. The monoisotopic (exact) mass is 251 g/mol. The van der Waals surface area contributed by atoms with Gasteiger partial charge in [0.25, 0.3) is 5.91 Å². The second kappa shape index (κ2) is 5.28. The van der Waals surface area contributed by atoms with Gasteiger partial charge in [-0.3, -0.25) is 4.79 Å². The smallest absolute Gasteiger partial charge is 0.264 e. The van der Waals surface area contributed by atoms with E-state index >= 15 is 0 Å². The van der Waals surface area contributed by atoms with Crippen molar-refractivity contribution in [2.24, 2.45) is 0 Å². The lowest BCUT2D eigenvalue weighted by Gasteiger charge is -2.24. The highest BCUT2D eigenvalue weighted by atomic mass is 32.1. The topological polar surface area (TPSA) is 65.8 Å². The molecule has 0 unspecified atom stereocenters. The minimum absolute atomic E-state index is 0.196. The number of aryl methyl sites for hydroxylation is 2. The molecule has 0 radical (unpaired) electrons. The van der Waals surface area contributed by atoms with Crippen LogP contribution in [0, 0.1) is 25.2 Å². The van der Waals surface area contributed by atoms with E-state index in [0.717, 1.165) is 10.7 Å². The summed E-state index contributed by atoms with van der Waals surface area (Å²) < 4.78 is 0. The van der Waals surface area contributed by atoms with Gasteiger partial charge >= 0.3 is 0 Å². The third-order valence-corrected chi connectivity index (χ3v) is 3.96. The summed E-state index contributed by atoms with van der Waals surface area (Å²) in [6.07, 6.45) is 1.20. The van der Waals surface area contributed by atoms with Crippen LogP contribution in [-0.2, 0) is 0 Å². The molecule has 0 aromatic carbocycles. The molecular weight excluding hydrogens is 234 g/mol. The fraction of sp³-hybridized carbons (Fsp3) is 0.583. The predicted molar refractivity (Wildman–Crippen MR) is 68.0 cm³/mol. The van der Waals surface area contributed by atoms with Crippen LogP contribution in [0.15, 0.2) is 0 Å². The van der Waals surface area contributed by atoms with Crippen molar-refractivity contribution in [1.29, 1.82) is 5.26 Å². The van der Waals surface area contributed by atoms with Gasteiger partial charge < -0.3 is 5.32 Å². The van der Waals surface area contributed by atoms with Crippen LogP contribution in [0.5, 0.6) is 0 Å². The van der Waals surface area contributed by atoms with E-state index in [9.17, 15) is 4.79 Å². The molecule has 0 atom stereocenters. The molecule has 1 heterocycles. The van der Waals surface area contributed by atoms with Crippen molar-refractivity contribution in [3.63, 3.8) is 0 Å². The summed E-state index contributed by atoms with van der Waals surface area (Å²) in [4.78, 5) is 16.9. The van der Waals surface area contributed by atoms with Gasteiger partial charge in [0.15, 0.2) is 0 Å². The van der Waals surface area contributed by atoms with Crippen molar-refractivity contribution >= 4 is 17.2 Å². The third kappa shape index (κ3) is 2.83. The molecule has 1 aromatic rings. The average molecular weight is 251 g/mol.